The van der Waals surface area contributed by atoms with Gasteiger partial charge in [-0.15, -0.1) is 0 Å². The van der Waals surface area contributed by atoms with Gasteiger partial charge in [-0.3, -0.25) is 4.55 Å². The molecule has 0 saturated carbocycles. The lowest BCUT2D eigenvalue weighted by molar-refractivity contribution is -0.130. The summed E-state index contributed by atoms with van der Waals surface area (Å²) >= 11 is 0. The Bertz CT molecular complexity index is 598. The van der Waals surface area contributed by atoms with Crippen molar-refractivity contribution in [3.8, 4) is 0 Å². The lowest BCUT2D eigenvalue weighted by atomic mass is 10.0. The van der Waals surface area contributed by atoms with E-state index in [4.69, 9.17) is 9.66 Å². The third-order valence-electron chi connectivity index (χ3n) is 2.11. The highest BCUT2D eigenvalue weighted by Gasteiger charge is 2.22. The summed E-state index contributed by atoms with van der Waals surface area (Å²) in [4.78, 5) is 10.3. The summed E-state index contributed by atoms with van der Waals surface area (Å²) in [6.07, 6.45) is 1.21. The number of benzene rings is 1. The Hall–Kier alpha value is -1.92. The molecule has 17 heavy (non-hydrogen) atoms. The van der Waals surface area contributed by atoms with E-state index in [1.54, 1.807) is 0 Å². The Morgan fingerprint density at radius 3 is 2.35 bits per heavy atom. The highest BCUT2D eigenvalue weighted by molar-refractivity contribution is 7.86. The maximum Gasteiger partial charge on any atom is 0.335 e. The van der Waals surface area contributed by atoms with Gasteiger partial charge < -0.3 is 5.11 Å². The van der Waals surface area contributed by atoms with Crippen LogP contribution in [-0.4, -0.2) is 24.0 Å². The van der Waals surface area contributed by atoms with Gasteiger partial charge in [0.25, 0.3) is 10.1 Å². The van der Waals surface area contributed by atoms with Gasteiger partial charge in [-0.25, -0.2) is 4.79 Å². The largest absolute Gasteiger partial charge is 0.478 e. The fourth-order valence-corrected chi connectivity index (χ4v) is 2.27. The van der Waals surface area contributed by atoms with Crippen molar-refractivity contribution in [1.29, 1.82) is 0 Å². The molecule has 0 aliphatic rings. The maximum atomic E-state index is 11.2. The highest BCUT2D eigenvalue weighted by Crippen LogP contribution is 2.26. The van der Waals surface area contributed by atoms with Gasteiger partial charge >= 0.3 is 5.97 Å². The number of hydrogen-bond donors (Lipinski definition) is 2. The summed E-state index contributed by atoms with van der Waals surface area (Å²) in [5.41, 5.74) is -0.453. The first-order chi connectivity index (χ1) is 7.79. The first kappa shape index (κ1) is 13.1. The Morgan fingerprint density at radius 2 is 1.94 bits per heavy atom. The second-order valence-electron chi connectivity index (χ2n) is 3.19. The summed E-state index contributed by atoms with van der Waals surface area (Å²) in [6, 6.07) is 4.11. The molecule has 0 saturated heterocycles. The zero-order valence-electron chi connectivity index (χ0n) is 8.75. The first-order valence-corrected chi connectivity index (χ1v) is 5.88. The van der Waals surface area contributed by atoms with Crippen molar-refractivity contribution < 1.29 is 22.9 Å². The number of hydrogen-bond acceptors (Lipinski definition) is 3. The van der Waals surface area contributed by atoms with E-state index in [1.807, 2.05) is 0 Å². The highest BCUT2D eigenvalue weighted by atomic mass is 32.2. The fraction of sp³-hybridized carbons (Fsp3) is 0. The van der Waals surface area contributed by atoms with Gasteiger partial charge in [-0.05, 0) is 5.56 Å². The van der Waals surface area contributed by atoms with Gasteiger partial charge in [0, 0.05) is 5.56 Å². The molecule has 0 aromatic heterocycles. The molecular formula is C11H10O5S. The number of aliphatic carboxylic acids is 1. The predicted octanol–water partition coefficient (Wildman–Crippen LogP) is 1.67. The zero-order valence-corrected chi connectivity index (χ0v) is 9.57. The Balaban J connectivity index is 3.68. The van der Waals surface area contributed by atoms with Crippen LogP contribution in [0.1, 0.15) is 11.1 Å². The molecule has 1 aromatic carbocycles. The van der Waals surface area contributed by atoms with Crippen molar-refractivity contribution in [2.45, 2.75) is 4.90 Å². The van der Waals surface area contributed by atoms with Crippen LogP contribution in [0.5, 0.6) is 0 Å². The normalized spacial score (nSPS) is 10.9. The average molecular weight is 254 g/mol. The molecule has 5 nitrogen and oxygen atoms in total. The van der Waals surface area contributed by atoms with Gasteiger partial charge in [0.05, 0.1) is 5.57 Å². The van der Waals surface area contributed by atoms with Crippen LogP contribution in [0.15, 0.2) is 36.3 Å². The smallest absolute Gasteiger partial charge is 0.335 e. The number of carboxylic acid groups (broad SMARTS) is 1. The molecule has 0 heterocycles. The SMILES string of the molecule is C=Cc1cccc(C(=C)C(=O)O)c1S(=O)(=O)O. The standard InChI is InChI=1S/C11H10O5S/c1-3-8-5-4-6-9(7(2)11(12)13)10(8)17(14,15)16/h3-6H,1-2H2,(H,12,13)(H,14,15,16). The molecule has 0 bridgehead atoms. The first-order valence-electron chi connectivity index (χ1n) is 4.44. The second kappa shape index (κ2) is 4.52. The molecule has 0 amide bonds. The summed E-state index contributed by atoms with van der Waals surface area (Å²) in [5, 5.41) is 8.79. The number of carbonyl (C=O) groups is 1. The van der Waals surface area contributed by atoms with E-state index in [1.165, 1.54) is 24.3 Å². The molecule has 0 atom stereocenters. The van der Waals surface area contributed by atoms with Gasteiger partial charge in [0.15, 0.2) is 0 Å². The lowest BCUT2D eigenvalue weighted by Crippen LogP contribution is -2.08. The van der Waals surface area contributed by atoms with E-state index in [0.717, 1.165) is 0 Å². The van der Waals surface area contributed by atoms with Crippen molar-refractivity contribution in [2.24, 2.45) is 0 Å². The lowest BCUT2D eigenvalue weighted by Gasteiger charge is -2.09. The molecular weight excluding hydrogens is 244 g/mol. The minimum Gasteiger partial charge on any atom is -0.478 e. The van der Waals surface area contributed by atoms with Crippen molar-refractivity contribution in [2.75, 3.05) is 0 Å². The van der Waals surface area contributed by atoms with Crippen LogP contribution in [0.4, 0.5) is 0 Å². The number of rotatable bonds is 4. The van der Waals surface area contributed by atoms with E-state index in [2.05, 4.69) is 13.2 Å². The summed E-state index contributed by atoms with van der Waals surface area (Å²) < 4.78 is 31.6. The van der Waals surface area contributed by atoms with Crippen LogP contribution < -0.4 is 0 Å². The monoisotopic (exact) mass is 254 g/mol. The van der Waals surface area contributed by atoms with E-state index >= 15 is 0 Å². The maximum absolute atomic E-state index is 11.2. The van der Waals surface area contributed by atoms with E-state index < -0.39 is 26.6 Å². The molecule has 90 valence electrons. The Morgan fingerprint density at radius 1 is 1.35 bits per heavy atom. The molecule has 1 rings (SSSR count). The summed E-state index contributed by atoms with van der Waals surface area (Å²) in [7, 11) is -4.55. The van der Waals surface area contributed by atoms with Gasteiger partial charge in [-0.2, -0.15) is 8.42 Å². The van der Waals surface area contributed by atoms with Crippen molar-refractivity contribution in [3.05, 3.63) is 42.5 Å². The van der Waals surface area contributed by atoms with Crippen LogP contribution in [-0.2, 0) is 14.9 Å². The van der Waals surface area contributed by atoms with Gasteiger partial charge in [0.2, 0.25) is 0 Å². The topological polar surface area (TPSA) is 91.7 Å². The van der Waals surface area contributed by atoms with E-state index in [9.17, 15) is 13.2 Å². The predicted molar refractivity (Wildman–Crippen MR) is 63.0 cm³/mol. The molecule has 6 heteroatoms. The summed E-state index contributed by atoms with van der Waals surface area (Å²) in [6.45, 7) is 6.66. The average Bonchev–Trinajstić information content (AvgIpc) is 2.25. The van der Waals surface area contributed by atoms with Crippen LogP contribution in [0.25, 0.3) is 11.6 Å². The molecule has 0 aliphatic carbocycles. The van der Waals surface area contributed by atoms with E-state index in [-0.39, 0.29) is 11.1 Å². The minimum absolute atomic E-state index is 0.118. The van der Waals surface area contributed by atoms with Crippen LogP contribution in [0, 0.1) is 0 Å². The second-order valence-corrected chi connectivity index (χ2v) is 4.55. The molecule has 0 spiro atoms. The molecule has 0 radical (unpaired) electrons. The van der Waals surface area contributed by atoms with E-state index in [0.29, 0.717) is 0 Å². The zero-order chi connectivity index (χ0) is 13.2. The third kappa shape index (κ3) is 2.61. The Kier molecular flexibility index (Phi) is 3.50. The summed E-state index contributed by atoms with van der Waals surface area (Å²) in [5.74, 6) is -1.36. The quantitative estimate of drug-likeness (QED) is 0.630. The molecule has 0 aliphatic heterocycles. The van der Waals surface area contributed by atoms with Crippen molar-refractivity contribution in [3.63, 3.8) is 0 Å². The van der Waals surface area contributed by atoms with Crippen LogP contribution >= 0.6 is 0 Å². The minimum atomic E-state index is -4.55. The molecule has 0 unspecified atom stereocenters. The van der Waals surface area contributed by atoms with Gasteiger partial charge in [-0.1, -0.05) is 37.4 Å². The Labute approximate surface area is 98.5 Å². The van der Waals surface area contributed by atoms with Crippen molar-refractivity contribution >= 4 is 27.7 Å². The van der Waals surface area contributed by atoms with Gasteiger partial charge in [0.1, 0.15) is 4.90 Å². The molecule has 2 N–H and O–H groups in total. The number of carboxylic acids is 1. The third-order valence-corrected chi connectivity index (χ3v) is 3.08. The molecule has 1 aromatic rings. The fourth-order valence-electron chi connectivity index (χ4n) is 1.36. The van der Waals surface area contributed by atoms with Crippen molar-refractivity contribution in [1.82, 2.24) is 0 Å². The van der Waals surface area contributed by atoms with Crippen LogP contribution in [0.3, 0.4) is 0 Å². The molecule has 0 fully saturated rings. The van der Waals surface area contributed by atoms with Crippen LogP contribution in [0.2, 0.25) is 0 Å².